The lowest BCUT2D eigenvalue weighted by molar-refractivity contribution is -0.274. The normalized spacial score (nSPS) is 16.5. The van der Waals surface area contributed by atoms with Crippen molar-refractivity contribution in [3.8, 4) is 5.75 Å². The van der Waals surface area contributed by atoms with Gasteiger partial charge >= 0.3 is 6.36 Å². The average molecular weight is 587 g/mol. The van der Waals surface area contributed by atoms with Crippen molar-refractivity contribution in [1.82, 2.24) is 19.8 Å². The monoisotopic (exact) mass is 586 g/mol. The molecule has 0 radical (unpaired) electrons. The van der Waals surface area contributed by atoms with Crippen LogP contribution < -0.4 is 15.6 Å². The first-order valence-electron chi connectivity index (χ1n) is 12.0. The minimum atomic E-state index is -5.00. The predicted molar refractivity (Wildman–Crippen MR) is 138 cm³/mol. The third-order valence-corrected chi connectivity index (χ3v) is 8.45. The van der Waals surface area contributed by atoms with Crippen LogP contribution >= 0.6 is 11.6 Å². The van der Waals surface area contributed by atoms with Crippen molar-refractivity contribution in [1.29, 1.82) is 0 Å². The number of carbonyl (C=O) groups excluding carboxylic acids is 1. The van der Waals surface area contributed by atoms with Gasteiger partial charge < -0.3 is 10.1 Å². The molecule has 2 aromatic carbocycles. The van der Waals surface area contributed by atoms with Crippen LogP contribution in [0.15, 0.2) is 46.3 Å². The summed E-state index contributed by atoms with van der Waals surface area (Å²) in [5.41, 5.74) is -0.0889. The molecule has 39 heavy (non-hydrogen) atoms. The summed E-state index contributed by atoms with van der Waals surface area (Å²) in [5, 5.41) is 2.93. The van der Waals surface area contributed by atoms with Crippen molar-refractivity contribution in [3.05, 3.63) is 63.2 Å². The molecule has 4 rings (SSSR count). The SMILES string of the molecule is CCS(=O)(=O)c1ccc(Cl)cc1Cn1cnc2cc(CN3CC[C@H](NC(C)=O)C3)c(OC(F)(F)F)cc2c1=O. The molecule has 1 aliphatic heterocycles. The molecule has 14 heteroatoms. The van der Waals surface area contributed by atoms with Gasteiger partial charge in [0.1, 0.15) is 5.75 Å². The molecule has 2 heterocycles. The Kier molecular flexibility index (Phi) is 8.24. The number of nitrogens with zero attached hydrogens (tertiary/aromatic N) is 3. The molecule has 1 amide bonds. The minimum absolute atomic E-state index is 0.000943. The minimum Gasteiger partial charge on any atom is -0.405 e. The lowest BCUT2D eigenvalue weighted by Gasteiger charge is -2.20. The number of likely N-dealkylation sites (tertiary alicyclic amines) is 1. The van der Waals surface area contributed by atoms with Gasteiger partial charge in [-0.15, -0.1) is 13.2 Å². The highest BCUT2D eigenvalue weighted by Gasteiger charge is 2.33. The maximum absolute atomic E-state index is 13.3. The molecule has 1 aromatic heterocycles. The Morgan fingerprint density at radius 3 is 2.62 bits per heavy atom. The van der Waals surface area contributed by atoms with E-state index in [0.29, 0.717) is 19.5 Å². The zero-order valence-corrected chi connectivity index (χ0v) is 22.7. The fourth-order valence-corrected chi connectivity index (χ4v) is 5.93. The predicted octanol–water partition coefficient (Wildman–Crippen LogP) is 3.50. The molecule has 210 valence electrons. The highest BCUT2D eigenvalue weighted by molar-refractivity contribution is 7.91. The van der Waals surface area contributed by atoms with Crippen molar-refractivity contribution in [2.75, 3.05) is 18.8 Å². The van der Waals surface area contributed by atoms with Gasteiger partial charge in [0.25, 0.3) is 5.56 Å². The summed E-state index contributed by atoms with van der Waals surface area (Å²) in [5.74, 6) is -0.895. The molecular formula is C25H26ClF3N4O5S. The number of carbonyl (C=O) groups is 1. The van der Waals surface area contributed by atoms with Crippen LogP contribution in [0.1, 0.15) is 31.4 Å². The van der Waals surface area contributed by atoms with E-state index >= 15 is 0 Å². The molecule has 0 aliphatic carbocycles. The summed E-state index contributed by atoms with van der Waals surface area (Å²) in [7, 11) is -3.64. The summed E-state index contributed by atoms with van der Waals surface area (Å²) in [6, 6.07) is 6.47. The van der Waals surface area contributed by atoms with Crippen LogP contribution in [0, 0.1) is 0 Å². The van der Waals surface area contributed by atoms with Gasteiger partial charge in [-0.25, -0.2) is 13.4 Å². The number of sulfone groups is 1. The van der Waals surface area contributed by atoms with E-state index in [1.54, 1.807) is 0 Å². The Balaban J connectivity index is 1.72. The third kappa shape index (κ3) is 6.89. The van der Waals surface area contributed by atoms with E-state index in [0.717, 1.165) is 10.6 Å². The molecule has 0 spiro atoms. The maximum Gasteiger partial charge on any atom is 0.573 e. The van der Waals surface area contributed by atoms with Gasteiger partial charge in [0, 0.05) is 43.2 Å². The zero-order valence-electron chi connectivity index (χ0n) is 21.1. The second kappa shape index (κ2) is 11.1. The summed E-state index contributed by atoms with van der Waals surface area (Å²) in [6.45, 7) is 3.75. The van der Waals surface area contributed by atoms with Crippen molar-refractivity contribution in [3.63, 3.8) is 0 Å². The smallest absolute Gasteiger partial charge is 0.405 e. The standard InChI is InChI=1S/C25H26ClF3N4O5S/c1-3-39(36,37)23-5-4-18(26)8-17(23)12-33-14-30-21-9-16(11-32-7-6-19(13-32)31-15(2)34)22(38-25(27,28)29)10-20(21)24(33)35/h4-5,8-10,14,19H,3,6-7,11-13H2,1-2H3,(H,31,34)/t19-/m0/s1. The Morgan fingerprint density at radius 1 is 1.21 bits per heavy atom. The Bertz CT molecular complexity index is 1580. The first-order chi connectivity index (χ1) is 18.3. The number of halogens is 4. The third-order valence-electron chi connectivity index (χ3n) is 6.38. The summed E-state index contributed by atoms with van der Waals surface area (Å²) in [6.07, 6.45) is -3.15. The van der Waals surface area contributed by atoms with Gasteiger partial charge in [-0.2, -0.15) is 0 Å². The number of amides is 1. The Morgan fingerprint density at radius 2 is 1.95 bits per heavy atom. The fraction of sp³-hybridized carbons (Fsp3) is 0.400. The molecule has 1 aliphatic rings. The fourth-order valence-electron chi connectivity index (χ4n) is 4.62. The van der Waals surface area contributed by atoms with Crippen LogP contribution in [0.3, 0.4) is 0 Å². The Hall–Kier alpha value is -3.16. The number of nitrogens with one attached hydrogen (secondary N) is 1. The van der Waals surface area contributed by atoms with Crippen molar-refractivity contribution >= 4 is 38.2 Å². The summed E-state index contributed by atoms with van der Waals surface area (Å²) in [4.78, 5) is 30.8. The maximum atomic E-state index is 13.3. The van der Waals surface area contributed by atoms with Crippen LogP contribution in [0.4, 0.5) is 13.2 Å². The second-order valence-electron chi connectivity index (χ2n) is 9.28. The molecule has 9 nitrogen and oxygen atoms in total. The highest BCUT2D eigenvalue weighted by atomic mass is 35.5. The largest absolute Gasteiger partial charge is 0.573 e. The molecule has 0 saturated carbocycles. The van der Waals surface area contributed by atoms with Gasteiger partial charge in [0.15, 0.2) is 9.84 Å². The zero-order chi connectivity index (χ0) is 28.5. The van der Waals surface area contributed by atoms with Gasteiger partial charge in [-0.1, -0.05) is 18.5 Å². The van der Waals surface area contributed by atoms with Crippen LogP contribution in [0.2, 0.25) is 5.02 Å². The number of benzene rings is 2. The molecule has 0 bridgehead atoms. The van der Waals surface area contributed by atoms with E-state index in [-0.39, 0.29) is 62.7 Å². The number of alkyl halides is 3. The molecule has 3 aromatic rings. The lowest BCUT2D eigenvalue weighted by atomic mass is 10.1. The molecule has 1 fully saturated rings. The van der Waals surface area contributed by atoms with Crippen molar-refractivity contribution in [2.45, 2.75) is 50.7 Å². The van der Waals surface area contributed by atoms with Crippen LogP contribution in [0.25, 0.3) is 10.9 Å². The van der Waals surface area contributed by atoms with E-state index in [1.807, 2.05) is 4.90 Å². The second-order valence-corrected chi connectivity index (χ2v) is 12.0. The topological polar surface area (TPSA) is 111 Å². The number of hydrogen-bond acceptors (Lipinski definition) is 7. The first-order valence-corrected chi connectivity index (χ1v) is 14.1. The van der Waals surface area contributed by atoms with Crippen molar-refractivity contribution in [2.24, 2.45) is 0 Å². The Labute approximate surface area is 227 Å². The summed E-state index contributed by atoms with van der Waals surface area (Å²) < 4.78 is 70.4. The molecule has 1 N–H and O–H groups in total. The van der Waals surface area contributed by atoms with Gasteiger partial charge in [-0.3, -0.25) is 19.1 Å². The molecular weight excluding hydrogens is 561 g/mol. The van der Waals surface area contributed by atoms with Crippen molar-refractivity contribution < 1.29 is 31.1 Å². The van der Waals surface area contributed by atoms with Gasteiger partial charge in [0.05, 0.1) is 34.4 Å². The summed E-state index contributed by atoms with van der Waals surface area (Å²) >= 11 is 6.07. The quantitative estimate of drug-likeness (QED) is 0.430. The van der Waals surface area contributed by atoms with E-state index in [9.17, 15) is 31.2 Å². The number of ether oxygens (including phenoxy) is 1. The number of fused-ring (bicyclic) bond motifs is 1. The molecule has 1 atom stereocenters. The number of aromatic nitrogens is 2. The molecule has 1 saturated heterocycles. The van der Waals surface area contributed by atoms with Crippen LogP contribution in [-0.4, -0.2) is 60.0 Å². The van der Waals surface area contributed by atoms with E-state index < -0.39 is 27.5 Å². The van der Waals surface area contributed by atoms with Crippen LogP contribution in [0.5, 0.6) is 5.75 Å². The average Bonchev–Trinajstić information content (AvgIpc) is 3.26. The van der Waals surface area contributed by atoms with E-state index in [1.165, 1.54) is 44.4 Å². The van der Waals surface area contributed by atoms with Gasteiger partial charge in [-0.05, 0) is 42.3 Å². The van der Waals surface area contributed by atoms with E-state index in [2.05, 4.69) is 15.0 Å². The molecule has 0 unspecified atom stereocenters. The van der Waals surface area contributed by atoms with Crippen LogP contribution in [-0.2, 0) is 27.7 Å². The number of hydrogen-bond donors (Lipinski definition) is 1. The lowest BCUT2D eigenvalue weighted by Crippen LogP contribution is -2.35. The van der Waals surface area contributed by atoms with Gasteiger partial charge in [0.2, 0.25) is 5.91 Å². The van der Waals surface area contributed by atoms with E-state index in [4.69, 9.17) is 11.6 Å². The number of rotatable bonds is 8. The first kappa shape index (κ1) is 28.8. The highest BCUT2D eigenvalue weighted by Crippen LogP contribution is 2.31.